The number of esters is 1. The Bertz CT molecular complexity index is 1360. The third-order valence-electron chi connectivity index (χ3n) is 7.40. The maximum atomic E-state index is 12.9. The van der Waals surface area contributed by atoms with Gasteiger partial charge in [-0.25, -0.2) is 9.59 Å². The Labute approximate surface area is 299 Å². The van der Waals surface area contributed by atoms with Crippen molar-refractivity contribution in [2.75, 3.05) is 39.3 Å². The highest BCUT2D eigenvalue weighted by Crippen LogP contribution is 2.11. The SMILES string of the molecule is CCC(=O)OC(CCCCN=C(N)N)CC(=O)NCC(=O)NCCCCN(CCCNC(=O)OCc1ccccc1)C(=O)OCc1ccccc1. The minimum Gasteiger partial charge on any atom is -0.462 e. The fourth-order valence-electron chi connectivity index (χ4n) is 4.68. The molecule has 0 heterocycles. The number of hydrogen-bond acceptors (Lipinski definition) is 9. The maximum absolute atomic E-state index is 12.9. The number of ether oxygens (including phenoxy) is 3. The third-order valence-corrected chi connectivity index (χ3v) is 7.40. The van der Waals surface area contributed by atoms with Gasteiger partial charge in [0.25, 0.3) is 0 Å². The molecule has 15 heteroatoms. The highest BCUT2D eigenvalue weighted by atomic mass is 16.6. The third kappa shape index (κ3) is 20.7. The molecule has 0 spiro atoms. The van der Waals surface area contributed by atoms with Gasteiger partial charge in [0.15, 0.2) is 5.96 Å². The molecule has 1 atom stereocenters. The van der Waals surface area contributed by atoms with E-state index in [9.17, 15) is 24.0 Å². The summed E-state index contributed by atoms with van der Waals surface area (Å²) in [7, 11) is 0. The number of guanidine groups is 1. The normalized spacial score (nSPS) is 11.0. The van der Waals surface area contributed by atoms with E-state index >= 15 is 0 Å². The van der Waals surface area contributed by atoms with Crippen molar-refractivity contribution in [1.29, 1.82) is 0 Å². The molecule has 0 aromatic heterocycles. The summed E-state index contributed by atoms with van der Waals surface area (Å²) >= 11 is 0. The molecular weight excluding hydrogens is 658 g/mol. The number of hydrogen-bond donors (Lipinski definition) is 5. The Morgan fingerprint density at radius 1 is 0.745 bits per heavy atom. The number of alkyl carbamates (subject to hydrolysis) is 1. The van der Waals surface area contributed by atoms with Gasteiger partial charge < -0.3 is 46.5 Å². The van der Waals surface area contributed by atoms with Gasteiger partial charge >= 0.3 is 18.2 Å². The van der Waals surface area contributed by atoms with Crippen molar-refractivity contribution in [3.05, 3.63) is 71.8 Å². The van der Waals surface area contributed by atoms with Crippen LogP contribution in [0.1, 0.15) is 69.4 Å². The zero-order valence-electron chi connectivity index (χ0n) is 29.5. The fraction of sp³-hybridized carbons (Fsp3) is 0.500. The predicted octanol–water partition coefficient (Wildman–Crippen LogP) is 3.11. The standard InChI is InChI=1S/C36H53N7O8/c1-2-33(46)51-30(18-9-10-20-40-34(37)38)24-31(44)42-25-32(45)39-19-11-12-22-43(36(48)50-27-29-16-7-4-8-17-29)23-13-21-41-35(47)49-26-28-14-5-3-6-15-28/h3-8,14-17,30H,2,9-13,18-27H2,1H3,(H,39,45)(H,41,47)(H,42,44)(H4,37,38,40). The zero-order valence-corrected chi connectivity index (χ0v) is 29.5. The van der Waals surface area contributed by atoms with Gasteiger partial charge in [-0.15, -0.1) is 0 Å². The first kappa shape index (κ1) is 41.8. The smallest absolute Gasteiger partial charge is 0.410 e. The Morgan fingerprint density at radius 3 is 2.02 bits per heavy atom. The highest BCUT2D eigenvalue weighted by molar-refractivity contribution is 5.85. The monoisotopic (exact) mass is 711 g/mol. The molecule has 51 heavy (non-hydrogen) atoms. The van der Waals surface area contributed by atoms with Gasteiger partial charge in [0.1, 0.15) is 19.3 Å². The van der Waals surface area contributed by atoms with Crippen LogP contribution in [-0.2, 0) is 41.8 Å². The molecule has 0 bridgehead atoms. The van der Waals surface area contributed by atoms with Gasteiger partial charge in [0.05, 0.1) is 13.0 Å². The van der Waals surface area contributed by atoms with Crippen molar-refractivity contribution in [1.82, 2.24) is 20.9 Å². The van der Waals surface area contributed by atoms with Gasteiger partial charge in [-0.1, -0.05) is 67.6 Å². The number of amides is 4. The number of nitrogens with zero attached hydrogens (tertiary/aromatic N) is 2. The maximum Gasteiger partial charge on any atom is 0.410 e. The molecule has 1 unspecified atom stereocenters. The molecule has 2 rings (SSSR count). The summed E-state index contributed by atoms with van der Waals surface area (Å²) in [4.78, 5) is 67.2. The Balaban J connectivity index is 1.72. The van der Waals surface area contributed by atoms with E-state index in [1.165, 1.54) is 0 Å². The summed E-state index contributed by atoms with van der Waals surface area (Å²) in [6.45, 7) is 3.53. The van der Waals surface area contributed by atoms with Crippen LogP contribution in [-0.4, -0.2) is 86.2 Å². The average molecular weight is 712 g/mol. The lowest BCUT2D eigenvalue weighted by molar-refractivity contribution is -0.150. The second-order valence-electron chi connectivity index (χ2n) is 11.7. The van der Waals surface area contributed by atoms with Crippen LogP contribution in [0.2, 0.25) is 0 Å². The lowest BCUT2D eigenvalue weighted by atomic mass is 10.1. The molecule has 7 N–H and O–H groups in total. The largest absolute Gasteiger partial charge is 0.462 e. The van der Waals surface area contributed by atoms with Crippen LogP contribution in [0.5, 0.6) is 0 Å². The summed E-state index contributed by atoms with van der Waals surface area (Å²) in [5, 5.41) is 8.03. The summed E-state index contributed by atoms with van der Waals surface area (Å²) in [6.07, 6.45) is 1.88. The van der Waals surface area contributed by atoms with Crippen LogP contribution in [0, 0.1) is 0 Å². The molecule has 280 valence electrons. The molecule has 0 saturated heterocycles. The van der Waals surface area contributed by atoms with Gasteiger partial charge in [-0.05, 0) is 49.7 Å². The second-order valence-corrected chi connectivity index (χ2v) is 11.7. The van der Waals surface area contributed by atoms with Crippen molar-refractivity contribution in [2.24, 2.45) is 16.5 Å². The molecule has 0 radical (unpaired) electrons. The number of rotatable bonds is 24. The summed E-state index contributed by atoms with van der Waals surface area (Å²) in [5.41, 5.74) is 12.4. The number of aliphatic imine (C=N–C) groups is 1. The van der Waals surface area contributed by atoms with E-state index in [4.69, 9.17) is 25.7 Å². The average Bonchev–Trinajstić information content (AvgIpc) is 3.13. The van der Waals surface area contributed by atoms with Crippen LogP contribution in [0.4, 0.5) is 9.59 Å². The Kier molecular flexibility index (Phi) is 21.0. The zero-order chi connectivity index (χ0) is 37.1. The summed E-state index contributed by atoms with van der Waals surface area (Å²) < 4.78 is 16.1. The number of nitrogens with one attached hydrogen (secondary N) is 3. The van der Waals surface area contributed by atoms with E-state index in [1.807, 2.05) is 60.7 Å². The van der Waals surface area contributed by atoms with E-state index < -0.39 is 30.2 Å². The summed E-state index contributed by atoms with van der Waals surface area (Å²) in [6, 6.07) is 18.7. The van der Waals surface area contributed by atoms with Crippen molar-refractivity contribution in [2.45, 2.75) is 77.6 Å². The molecule has 0 aliphatic rings. The summed E-state index contributed by atoms with van der Waals surface area (Å²) in [5.74, 6) is -1.18. The van der Waals surface area contributed by atoms with E-state index in [2.05, 4.69) is 20.9 Å². The van der Waals surface area contributed by atoms with Gasteiger partial charge in [-0.2, -0.15) is 0 Å². The van der Waals surface area contributed by atoms with E-state index in [0.29, 0.717) is 71.2 Å². The quantitative estimate of drug-likeness (QED) is 0.0352. The molecule has 0 saturated carbocycles. The first-order valence-electron chi connectivity index (χ1n) is 17.3. The van der Waals surface area contributed by atoms with E-state index in [-0.39, 0.29) is 44.5 Å². The minimum atomic E-state index is -0.619. The molecular formula is C36H53N7O8. The first-order valence-corrected chi connectivity index (χ1v) is 17.3. The van der Waals surface area contributed by atoms with E-state index in [1.54, 1.807) is 11.8 Å². The van der Waals surface area contributed by atoms with Crippen LogP contribution in [0.15, 0.2) is 65.7 Å². The van der Waals surface area contributed by atoms with Crippen LogP contribution in [0.3, 0.4) is 0 Å². The number of unbranched alkanes of at least 4 members (excludes halogenated alkanes) is 2. The number of carbonyl (C=O) groups is 5. The highest BCUT2D eigenvalue weighted by Gasteiger charge is 2.19. The molecule has 0 aliphatic heterocycles. The Hall–Kier alpha value is -5.34. The van der Waals surface area contributed by atoms with Crippen LogP contribution >= 0.6 is 0 Å². The molecule has 4 amide bonds. The molecule has 0 fully saturated rings. The second kappa shape index (κ2) is 25.6. The fourth-order valence-corrected chi connectivity index (χ4v) is 4.68. The van der Waals surface area contributed by atoms with Crippen molar-refractivity contribution < 1.29 is 38.2 Å². The number of nitrogens with two attached hydrogens (primary N) is 2. The molecule has 0 aliphatic carbocycles. The van der Waals surface area contributed by atoms with Gasteiger partial charge in [0, 0.05) is 39.1 Å². The van der Waals surface area contributed by atoms with Crippen molar-refractivity contribution in [3.63, 3.8) is 0 Å². The topological polar surface area (TPSA) is 217 Å². The number of carbonyl (C=O) groups excluding carboxylic acids is 5. The molecule has 2 aromatic rings. The van der Waals surface area contributed by atoms with Gasteiger partial charge in [-0.3, -0.25) is 19.4 Å². The number of benzene rings is 2. The Morgan fingerprint density at radius 2 is 1.37 bits per heavy atom. The molecule has 2 aromatic carbocycles. The lowest BCUT2D eigenvalue weighted by Gasteiger charge is -2.22. The lowest BCUT2D eigenvalue weighted by Crippen LogP contribution is -2.39. The van der Waals surface area contributed by atoms with Crippen LogP contribution in [0.25, 0.3) is 0 Å². The molecule has 15 nitrogen and oxygen atoms in total. The predicted molar refractivity (Wildman–Crippen MR) is 192 cm³/mol. The first-order chi connectivity index (χ1) is 24.7. The minimum absolute atomic E-state index is 0.00296. The van der Waals surface area contributed by atoms with Crippen molar-refractivity contribution in [3.8, 4) is 0 Å². The van der Waals surface area contributed by atoms with Gasteiger partial charge in [0.2, 0.25) is 11.8 Å². The van der Waals surface area contributed by atoms with Crippen LogP contribution < -0.4 is 27.4 Å². The van der Waals surface area contributed by atoms with Crippen molar-refractivity contribution >= 4 is 35.9 Å². The van der Waals surface area contributed by atoms with E-state index in [0.717, 1.165) is 11.1 Å².